The molecule has 3 aromatic rings. The fourth-order valence-corrected chi connectivity index (χ4v) is 2.89. The number of benzene rings is 2. The van der Waals surface area contributed by atoms with E-state index in [1.54, 1.807) is 29.9 Å². The molecule has 6 heteroatoms. The Morgan fingerprint density at radius 1 is 1.15 bits per heavy atom. The molecule has 140 valence electrons. The van der Waals surface area contributed by atoms with Gasteiger partial charge in [-0.3, -0.25) is 9.48 Å². The molecule has 0 aliphatic carbocycles. The number of anilines is 2. The predicted molar refractivity (Wildman–Crippen MR) is 105 cm³/mol. The van der Waals surface area contributed by atoms with Crippen molar-refractivity contribution >= 4 is 17.4 Å². The second kappa shape index (κ2) is 7.61. The maximum absolute atomic E-state index is 13.7. The molecular weight excluding hydrogens is 343 g/mol. The molecule has 1 amide bonds. The van der Waals surface area contributed by atoms with Crippen LogP contribution in [-0.2, 0) is 17.8 Å². The van der Waals surface area contributed by atoms with Gasteiger partial charge in [0.15, 0.2) is 5.82 Å². The number of carbonyl (C=O) groups excluding carboxylic acids is 1. The lowest BCUT2D eigenvalue weighted by Gasteiger charge is -2.10. The van der Waals surface area contributed by atoms with Gasteiger partial charge in [0, 0.05) is 18.0 Å². The summed E-state index contributed by atoms with van der Waals surface area (Å²) in [6, 6.07) is 10.5. The Bertz CT molecular complexity index is 994. The zero-order chi connectivity index (χ0) is 19.6. The van der Waals surface area contributed by atoms with Crippen molar-refractivity contribution in [2.75, 3.05) is 11.1 Å². The van der Waals surface area contributed by atoms with Crippen LogP contribution < -0.4 is 11.1 Å². The third kappa shape index (κ3) is 4.34. The highest BCUT2D eigenvalue weighted by molar-refractivity contribution is 5.91. The van der Waals surface area contributed by atoms with Gasteiger partial charge in [0.25, 0.3) is 0 Å². The first-order valence-corrected chi connectivity index (χ1v) is 8.76. The van der Waals surface area contributed by atoms with Gasteiger partial charge in [0.2, 0.25) is 5.91 Å². The Kier molecular flexibility index (Phi) is 5.26. The van der Waals surface area contributed by atoms with Crippen LogP contribution in [0.25, 0.3) is 0 Å². The summed E-state index contributed by atoms with van der Waals surface area (Å²) in [6.45, 7) is 6.07. The number of carbonyl (C=O) groups is 1. The second-order valence-electron chi connectivity index (χ2n) is 6.77. The topological polar surface area (TPSA) is 72.9 Å². The zero-order valence-corrected chi connectivity index (χ0v) is 15.7. The van der Waals surface area contributed by atoms with Crippen LogP contribution in [-0.4, -0.2) is 15.7 Å². The fraction of sp³-hybridized carbons (Fsp3) is 0.238. The Morgan fingerprint density at radius 3 is 2.67 bits per heavy atom. The molecule has 5 nitrogen and oxygen atoms in total. The van der Waals surface area contributed by atoms with Crippen molar-refractivity contribution in [3.8, 4) is 0 Å². The largest absolute Gasteiger partial charge is 0.399 e. The van der Waals surface area contributed by atoms with Crippen molar-refractivity contribution in [1.29, 1.82) is 0 Å². The molecule has 0 saturated heterocycles. The van der Waals surface area contributed by atoms with Crippen molar-refractivity contribution in [2.24, 2.45) is 0 Å². The van der Waals surface area contributed by atoms with Gasteiger partial charge < -0.3 is 11.1 Å². The summed E-state index contributed by atoms with van der Waals surface area (Å²) in [7, 11) is 0. The Hall–Kier alpha value is -3.15. The van der Waals surface area contributed by atoms with Crippen molar-refractivity contribution in [1.82, 2.24) is 9.78 Å². The summed E-state index contributed by atoms with van der Waals surface area (Å²) < 4.78 is 15.3. The van der Waals surface area contributed by atoms with E-state index in [1.807, 2.05) is 32.0 Å². The minimum absolute atomic E-state index is 0.145. The number of halogens is 1. The standard InChI is InChI=1S/C21H23FN4O/c1-13-4-5-16(10-18(13)22)12-26-9-8-20(25-26)24-21(27)11-17-6-7-19(23)15(3)14(17)2/h4-10H,11-12,23H2,1-3H3,(H,24,25,27). The number of nitrogens with zero attached hydrogens (tertiary/aromatic N) is 2. The van der Waals surface area contributed by atoms with E-state index >= 15 is 0 Å². The van der Waals surface area contributed by atoms with Crippen LogP contribution in [0.2, 0.25) is 0 Å². The summed E-state index contributed by atoms with van der Waals surface area (Å²) in [4.78, 5) is 12.3. The van der Waals surface area contributed by atoms with Crippen LogP contribution in [0.15, 0.2) is 42.6 Å². The van der Waals surface area contributed by atoms with Gasteiger partial charge in [0.05, 0.1) is 13.0 Å². The first-order valence-electron chi connectivity index (χ1n) is 8.76. The Balaban J connectivity index is 1.64. The summed E-state index contributed by atoms with van der Waals surface area (Å²) in [6.07, 6.45) is 2.01. The van der Waals surface area contributed by atoms with Gasteiger partial charge >= 0.3 is 0 Å². The molecule has 0 radical (unpaired) electrons. The normalized spacial score (nSPS) is 10.8. The molecule has 1 aromatic heterocycles. The van der Waals surface area contributed by atoms with E-state index in [-0.39, 0.29) is 18.1 Å². The van der Waals surface area contributed by atoms with Crippen LogP contribution >= 0.6 is 0 Å². The molecule has 0 saturated carbocycles. The van der Waals surface area contributed by atoms with Crippen LogP contribution in [0.1, 0.15) is 27.8 Å². The van der Waals surface area contributed by atoms with Gasteiger partial charge in [0.1, 0.15) is 5.82 Å². The first kappa shape index (κ1) is 18.6. The molecule has 0 spiro atoms. The van der Waals surface area contributed by atoms with Crippen molar-refractivity contribution in [3.63, 3.8) is 0 Å². The smallest absolute Gasteiger partial charge is 0.230 e. The highest BCUT2D eigenvalue weighted by Gasteiger charge is 2.11. The lowest BCUT2D eigenvalue weighted by atomic mass is 9.99. The van der Waals surface area contributed by atoms with E-state index in [0.717, 1.165) is 27.9 Å². The molecule has 3 N–H and O–H groups in total. The highest BCUT2D eigenvalue weighted by Crippen LogP contribution is 2.20. The molecule has 3 rings (SSSR count). The second-order valence-corrected chi connectivity index (χ2v) is 6.77. The highest BCUT2D eigenvalue weighted by atomic mass is 19.1. The average Bonchev–Trinajstić information content (AvgIpc) is 3.05. The fourth-order valence-electron chi connectivity index (χ4n) is 2.89. The first-order chi connectivity index (χ1) is 12.8. The Morgan fingerprint density at radius 2 is 1.93 bits per heavy atom. The number of amides is 1. The monoisotopic (exact) mass is 366 g/mol. The minimum atomic E-state index is -0.234. The molecule has 2 aromatic carbocycles. The number of rotatable bonds is 5. The average molecular weight is 366 g/mol. The number of hydrogen-bond donors (Lipinski definition) is 2. The van der Waals surface area contributed by atoms with Crippen LogP contribution in [0, 0.1) is 26.6 Å². The number of nitrogen functional groups attached to an aromatic ring is 1. The number of hydrogen-bond acceptors (Lipinski definition) is 3. The number of aryl methyl sites for hydroxylation is 1. The van der Waals surface area contributed by atoms with Crippen molar-refractivity contribution < 1.29 is 9.18 Å². The maximum atomic E-state index is 13.7. The molecule has 0 bridgehead atoms. The van der Waals surface area contributed by atoms with E-state index in [0.29, 0.717) is 17.9 Å². The Labute approximate surface area is 158 Å². The van der Waals surface area contributed by atoms with Gasteiger partial charge in [-0.2, -0.15) is 5.10 Å². The van der Waals surface area contributed by atoms with Gasteiger partial charge in [-0.1, -0.05) is 18.2 Å². The number of aromatic nitrogens is 2. The number of nitrogens with two attached hydrogens (primary N) is 1. The van der Waals surface area contributed by atoms with Gasteiger partial charge in [-0.25, -0.2) is 4.39 Å². The summed E-state index contributed by atoms with van der Waals surface area (Å²) in [5, 5.41) is 7.14. The van der Waals surface area contributed by atoms with Crippen molar-refractivity contribution in [3.05, 3.63) is 76.2 Å². The third-order valence-electron chi connectivity index (χ3n) is 4.78. The van der Waals surface area contributed by atoms with Crippen LogP contribution in [0.4, 0.5) is 15.9 Å². The molecule has 0 atom stereocenters. The maximum Gasteiger partial charge on any atom is 0.230 e. The van der Waals surface area contributed by atoms with Crippen LogP contribution in [0.3, 0.4) is 0 Å². The molecule has 0 unspecified atom stereocenters. The summed E-state index contributed by atoms with van der Waals surface area (Å²) >= 11 is 0. The predicted octanol–water partition coefficient (Wildman–Crippen LogP) is 3.76. The SMILES string of the molecule is Cc1ccc(Cn2ccc(NC(=O)Cc3ccc(N)c(C)c3C)n2)cc1F. The molecule has 0 fully saturated rings. The molecule has 0 aliphatic rings. The lowest BCUT2D eigenvalue weighted by Crippen LogP contribution is -2.16. The molecule has 1 heterocycles. The zero-order valence-electron chi connectivity index (χ0n) is 15.7. The third-order valence-corrected chi connectivity index (χ3v) is 4.78. The van der Waals surface area contributed by atoms with E-state index in [1.165, 1.54) is 6.07 Å². The van der Waals surface area contributed by atoms with E-state index in [9.17, 15) is 9.18 Å². The van der Waals surface area contributed by atoms with Gasteiger partial charge in [-0.05, 0) is 60.7 Å². The molecule has 0 aliphatic heterocycles. The molecular formula is C21H23FN4O. The van der Waals surface area contributed by atoms with E-state index < -0.39 is 0 Å². The van der Waals surface area contributed by atoms with Crippen LogP contribution in [0.5, 0.6) is 0 Å². The molecule has 27 heavy (non-hydrogen) atoms. The quantitative estimate of drug-likeness (QED) is 0.675. The van der Waals surface area contributed by atoms with Gasteiger partial charge in [-0.15, -0.1) is 0 Å². The summed E-state index contributed by atoms with van der Waals surface area (Å²) in [5.74, 6) is 0.0913. The van der Waals surface area contributed by atoms with E-state index in [2.05, 4.69) is 10.4 Å². The van der Waals surface area contributed by atoms with Crippen molar-refractivity contribution in [2.45, 2.75) is 33.7 Å². The van der Waals surface area contributed by atoms with E-state index in [4.69, 9.17) is 5.73 Å². The summed E-state index contributed by atoms with van der Waals surface area (Å²) in [5.41, 5.74) is 11.0. The lowest BCUT2D eigenvalue weighted by molar-refractivity contribution is -0.115. The minimum Gasteiger partial charge on any atom is -0.399 e. The number of nitrogens with one attached hydrogen (secondary N) is 1.